The zero-order valence-corrected chi connectivity index (χ0v) is 12.9. The number of benzene rings is 1. The van der Waals surface area contributed by atoms with Crippen molar-refractivity contribution in [2.45, 2.75) is 32.9 Å². The molecule has 2 heterocycles. The van der Waals surface area contributed by atoms with Gasteiger partial charge in [-0.05, 0) is 39.0 Å². The molecular weight excluding hydrogens is 278 g/mol. The third kappa shape index (κ3) is 3.26. The number of nitrogens with zero attached hydrogens (tertiary/aromatic N) is 3. The van der Waals surface area contributed by atoms with Crippen molar-refractivity contribution >= 4 is 11.0 Å². The number of aryl methyl sites for hydroxylation is 1. The highest BCUT2D eigenvalue weighted by Crippen LogP contribution is 2.25. The van der Waals surface area contributed by atoms with Crippen LogP contribution in [0.4, 0.5) is 0 Å². The second-order valence-electron chi connectivity index (χ2n) is 6.05. The van der Waals surface area contributed by atoms with E-state index in [1.807, 2.05) is 47.9 Å². The number of hydrogen-bond acceptors (Lipinski definition) is 4. The smallest absolute Gasteiger partial charge is 0.219 e. The Kier molecular flexibility index (Phi) is 3.58. The Bertz CT molecular complexity index is 803. The molecule has 0 fully saturated rings. The Morgan fingerprint density at radius 3 is 2.77 bits per heavy atom. The van der Waals surface area contributed by atoms with Gasteiger partial charge in [-0.25, -0.2) is 9.97 Å². The quantitative estimate of drug-likeness (QED) is 0.802. The number of ether oxygens (including phenoxy) is 1. The van der Waals surface area contributed by atoms with Crippen molar-refractivity contribution < 1.29 is 9.84 Å². The molecule has 0 radical (unpaired) electrons. The molecule has 0 aliphatic heterocycles. The summed E-state index contributed by atoms with van der Waals surface area (Å²) in [6.45, 7) is 5.97. The first-order valence-electron chi connectivity index (χ1n) is 7.19. The van der Waals surface area contributed by atoms with Crippen LogP contribution in [0, 0.1) is 6.92 Å². The van der Waals surface area contributed by atoms with E-state index in [1.165, 1.54) is 0 Å². The van der Waals surface area contributed by atoms with Gasteiger partial charge in [0.25, 0.3) is 0 Å². The fourth-order valence-corrected chi connectivity index (χ4v) is 2.35. The second-order valence-corrected chi connectivity index (χ2v) is 6.05. The summed E-state index contributed by atoms with van der Waals surface area (Å²) in [6.07, 6.45) is 1.73. The Morgan fingerprint density at radius 2 is 2.05 bits per heavy atom. The summed E-state index contributed by atoms with van der Waals surface area (Å²) in [6, 6.07) is 11.4. The molecule has 5 nitrogen and oxygen atoms in total. The van der Waals surface area contributed by atoms with Crippen LogP contribution in [0.3, 0.4) is 0 Å². The van der Waals surface area contributed by atoms with Crippen molar-refractivity contribution in [1.29, 1.82) is 0 Å². The van der Waals surface area contributed by atoms with E-state index < -0.39 is 5.60 Å². The summed E-state index contributed by atoms with van der Waals surface area (Å²) >= 11 is 0. The maximum Gasteiger partial charge on any atom is 0.219 e. The Morgan fingerprint density at radius 1 is 1.23 bits per heavy atom. The van der Waals surface area contributed by atoms with Gasteiger partial charge >= 0.3 is 0 Å². The normalized spacial score (nSPS) is 11.8. The highest BCUT2D eigenvalue weighted by molar-refractivity contribution is 5.77. The Labute approximate surface area is 129 Å². The number of fused-ring (bicyclic) bond motifs is 1. The summed E-state index contributed by atoms with van der Waals surface area (Å²) < 4.78 is 7.70. The average Bonchev–Trinajstić information content (AvgIpc) is 2.79. The molecule has 1 N–H and O–H groups in total. The van der Waals surface area contributed by atoms with Gasteiger partial charge in [0.05, 0.1) is 29.5 Å². The van der Waals surface area contributed by atoms with Crippen LogP contribution in [-0.2, 0) is 6.54 Å². The molecule has 0 atom stereocenters. The van der Waals surface area contributed by atoms with E-state index in [0.29, 0.717) is 18.2 Å². The maximum absolute atomic E-state index is 9.94. The molecule has 0 saturated heterocycles. The van der Waals surface area contributed by atoms with Crippen molar-refractivity contribution in [3.8, 4) is 11.6 Å². The molecule has 0 unspecified atom stereocenters. The standard InChI is InChI=1S/C17H19N3O2/c1-12-5-4-6-16(19-12)22-13-7-8-15-14(9-13)18-11-20(15)10-17(2,3)21/h4-9,11,21H,10H2,1-3H3. The second kappa shape index (κ2) is 5.42. The van der Waals surface area contributed by atoms with E-state index in [0.717, 1.165) is 16.7 Å². The lowest BCUT2D eigenvalue weighted by Crippen LogP contribution is -2.25. The number of hydrogen-bond donors (Lipinski definition) is 1. The van der Waals surface area contributed by atoms with Crippen molar-refractivity contribution in [2.75, 3.05) is 0 Å². The molecule has 3 rings (SSSR count). The number of pyridine rings is 1. The zero-order chi connectivity index (χ0) is 15.7. The minimum Gasteiger partial charge on any atom is -0.439 e. The molecule has 2 aromatic heterocycles. The van der Waals surface area contributed by atoms with Gasteiger partial charge in [-0.1, -0.05) is 6.07 Å². The zero-order valence-electron chi connectivity index (χ0n) is 12.9. The molecule has 3 aromatic rings. The van der Waals surface area contributed by atoms with Crippen LogP contribution in [0.2, 0.25) is 0 Å². The van der Waals surface area contributed by atoms with Crippen LogP contribution in [0.25, 0.3) is 11.0 Å². The summed E-state index contributed by atoms with van der Waals surface area (Å²) in [4.78, 5) is 8.70. The number of aliphatic hydroxyl groups is 1. The number of aromatic nitrogens is 3. The first-order chi connectivity index (χ1) is 10.4. The summed E-state index contributed by atoms with van der Waals surface area (Å²) in [5.41, 5.74) is 1.92. The molecule has 0 saturated carbocycles. The Hall–Kier alpha value is -2.40. The largest absolute Gasteiger partial charge is 0.439 e. The highest BCUT2D eigenvalue weighted by atomic mass is 16.5. The van der Waals surface area contributed by atoms with Crippen molar-refractivity contribution in [1.82, 2.24) is 14.5 Å². The summed E-state index contributed by atoms with van der Waals surface area (Å²) in [7, 11) is 0. The first-order valence-corrected chi connectivity index (χ1v) is 7.19. The minimum absolute atomic E-state index is 0.489. The lowest BCUT2D eigenvalue weighted by Gasteiger charge is -2.18. The molecule has 114 valence electrons. The van der Waals surface area contributed by atoms with Gasteiger partial charge in [-0.2, -0.15) is 0 Å². The molecular formula is C17H19N3O2. The molecule has 0 bridgehead atoms. The predicted molar refractivity (Wildman–Crippen MR) is 85.1 cm³/mol. The van der Waals surface area contributed by atoms with Crippen LogP contribution < -0.4 is 4.74 Å². The molecule has 0 amide bonds. The van der Waals surface area contributed by atoms with Crippen molar-refractivity contribution in [3.05, 3.63) is 48.4 Å². The predicted octanol–water partition coefficient (Wildman–Crippen LogP) is 3.30. The first kappa shape index (κ1) is 14.5. The lowest BCUT2D eigenvalue weighted by atomic mass is 10.1. The molecule has 5 heteroatoms. The van der Waals surface area contributed by atoms with Gasteiger partial charge in [0.15, 0.2) is 0 Å². The van der Waals surface area contributed by atoms with Gasteiger partial charge in [-0.15, -0.1) is 0 Å². The van der Waals surface area contributed by atoms with Crippen LogP contribution in [0.15, 0.2) is 42.7 Å². The topological polar surface area (TPSA) is 60.2 Å². The van der Waals surface area contributed by atoms with E-state index in [1.54, 1.807) is 20.2 Å². The van der Waals surface area contributed by atoms with Gasteiger partial charge in [0, 0.05) is 17.8 Å². The van der Waals surface area contributed by atoms with Gasteiger partial charge in [0.1, 0.15) is 5.75 Å². The third-order valence-electron chi connectivity index (χ3n) is 3.23. The van der Waals surface area contributed by atoms with Crippen molar-refractivity contribution in [2.24, 2.45) is 0 Å². The fourth-order valence-electron chi connectivity index (χ4n) is 2.35. The maximum atomic E-state index is 9.94. The van der Waals surface area contributed by atoms with Crippen LogP contribution in [0.5, 0.6) is 11.6 Å². The average molecular weight is 297 g/mol. The van der Waals surface area contributed by atoms with E-state index in [4.69, 9.17) is 4.74 Å². The third-order valence-corrected chi connectivity index (χ3v) is 3.23. The number of imidazole rings is 1. The van der Waals surface area contributed by atoms with Crippen LogP contribution in [-0.4, -0.2) is 25.2 Å². The molecule has 0 spiro atoms. The number of rotatable bonds is 4. The monoisotopic (exact) mass is 297 g/mol. The Balaban J connectivity index is 1.88. The van der Waals surface area contributed by atoms with E-state index in [-0.39, 0.29) is 0 Å². The van der Waals surface area contributed by atoms with E-state index >= 15 is 0 Å². The molecule has 1 aromatic carbocycles. The minimum atomic E-state index is -0.783. The van der Waals surface area contributed by atoms with Crippen molar-refractivity contribution in [3.63, 3.8) is 0 Å². The highest BCUT2D eigenvalue weighted by Gasteiger charge is 2.15. The molecule has 0 aliphatic carbocycles. The van der Waals surface area contributed by atoms with Gasteiger partial charge in [-0.3, -0.25) is 0 Å². The van der Waals surface area contributed by atoms with Gasteiger partial charge in [0.2, 0.25) is 5.88 Å². The van der Waals surface area contributed by atoms with Crippen LogP contribution in [0.1, 0.15) is 19.5 Å². The lowest BCUT2D eigenvalue weighted by molar-refractivity contribution is 0.0627. The summed E-state index contributed by atoms with van der Waals surface area (Å²) in [5.74, 6) is 1.26. The SMILES string of the molecule is Cc1cccc(Oc2ccc3c(c2)ncn3CC(C)(C)O)n1. The molecule has 0 aliphatic rings. The van der Waals surface area contributed by atoms with Crippen LogP contribution >= 0.6 is 0 Å². The van der Waals surface area contributed by atoms with E-state index in [2.05, 4.69) is 9.97 Å². The van der Waals surface area contributed by atoms with E-state index in [9.17, 15) is 5.11 Å². The summed E-state index contributed by atoms with van der Waals surface area (Å²) in [5, 5.41) is 9.94. The molecule has 22 heavy (non-hydrogen) atoms. The fraction of sp³-hybridized carbons (Fsp3) is 0.294. The van der Waals surface area contributed by atoms with Gasteiger partial charge < -0.3 is 14.4 Å².